The number of nitrogens with zero attached hydrogens (tertiary/aromatic N) is 1. The fourth-order valence-corrected chi connectivity index (χ4v) is 1.73. The Balaban J connectivity index is 1.93. The molecule has 0 aromatic heterocycles. The first-order valence-corrected chi connectivity index (χ1v) is 6.35. The molecule has 2 aromatic rings. The number of ether oxygens (including phenoxy) is 1. The number of benzene rings is 2. The maximum Gasteiger partial charge on any atom is 0.335 e. The molecule has 0 spiro atoms. The van der Waals surface area contributed by atoms with E-state index in [1.165, 1.54) is 29.2 Å². The number of rotatable bonds is 5. The molecule has 0 fully saturated rings. The first-order chi connectivity index (χ1) is 10.1. The lowest BCUT2D eigenvalue weighted by Crippen LogP contribution is -2.31. The standard InChI is InChI=1S/C16H15NO4/c1-17(13-5-3-2-4-6-13)15(18)11-21-14-9-7-12(8-10-14)16(19)20/h2-10H,11H2,1H3,(H,19,20). The van der Waals surface area contributed by atoms with E-state index >= 15 is 0 Å². The zero-order valence-electron chi connectivity index (χ0n) is 11.5. The number of hydrogen-bond donors (Lipinski definition) is 1. The molecule has 0 aliphatic rings. The normalized spacial score (nSPS) is 9.95. The van der Waals surface area contributed by atoms with E-state index in [9.17, 15) is 9.59 Å². The van der Waals surface area contributed by atoms with Crippen LogP contribution in [0, 0.1) is 0 Å². The van der Waals surface area contributed by atoms with Crippen molar-refractivity contribution in [1.29, 1.82) is 0 Å². The largest absolute Gasteiger partial charge is 0.484 e. The molecule has 2 aromatic carbocycles. The molecule has 0 aliphatic carbocycles. The predicted molar refractivity (Wildman–Crippen MR) is 78.7 cm³/mol. The summed E-state index contributed by atoms with van der Waals surface area (Å²) in [5.41, 5.74) is 0.961. The Morgan fingerprint density at radius 3 is 2.24 bits per heavy atom. The van der Waals surface area contributed by atoms with Crippen molar-refractivity contribution >= 4 is 17.6 Å². The number of carboxylic acid groups (broad SMARTS) is 1. The fraction of sp³-hybridized carbons (Fsp3) is 0.125. The van der Waals surface area contributed by atoms with Crippen molar-refractivity contribution in [2.75, 3.05) is 18.6 Å². The van der Waals surface area contributed by atoms with Crippen LogP contribution in [0.25, 0.3) is 0 Å². The minimum Gasteiger partial charge on any atom is -0.484 e. The molecule has 0 radical (unpaired) electrons. The molecular formula is C16H15NO4. The van der Waals surface area contributed by atoms with E-state index in [-0.39, 0.29) is 18.1 Å². The van der Waals surface area contributed by atoms with Crippen molar-refractivity contribution in [3.8, 4) is 5.75 Å². The number of para-hydroxylation sites is 1. The fourth-order valence-electron chi connectivity index (χ4n) is 1.73. The summed E-state index contributed by atoms with van der Waals surface area (Å²) < 4.78 is 5.36. The number of likely N-dealkylation sites (N-methyl/N-ethyl adjacent to an activating group) is 1. The van der Waals surface area contributed by atoms with E-state index < -0.39 is 5.97 Å². The van der Waals surface area contributed by atoms with Crippen molar-refractivity contribution in [3.63, 3.8) is 0 Å². The van der Waals surface area contributed by atoms with Crippen molar-refractivity contribution in [2.24, 2.45) is 0 Å². The summed E-state index contributed by atoms with van der Waals surface area (Å²) in [6.45, 7) is -0.113. The lowest BCUT2D eigenvalue weighted by Gasteiger charge is -2.17. The van der Waals surface area contributed by atoms with Crippen LogP contribution in [0.5, 0.6) is 5.75 Å². The maximum atomic E-state index is 12.0. The topological polar surface area (TPSA) is 66.8 Å². The van der Waals surface area contributed by atoms with Gasteiger partial charge in [0.25, 0.3) is 5.91 Å². The minimum absolute atomic E-state index is 0.113. The molecule has 0 bridgehead atoms. The zero-order chi connectivity index (χ0) is 15.2. The Kier molecular flexibility index (Phi) is 4.56. The summed E-state index contributed by atoms with van der Waals surface area (Å²) in [6, 6.07) is 15.2. The monoisotopic (exact) mass is 285 g/mol. The Labute approximate surface area is 122 Å². The smallest absolute Gasteiger partial charge is 0.335 e. The third-order valence-electron chi connectivity index (χ3n) is 2.98. The minimum atomic E-state index is -0.999. The molecule has 0 saturated heterocycles. The summed E-state index contributed by atoms with van der Waals surface area (Å²) in [6.07, 6.45) is 0. The van der Waals surface area contributed by atoms with Crippen LogP contribution in [0.3, 0.4) is 0 Å². The number of carbonyl (C=O) groups is 2. The van der Waals surface area contributed by atoms with Crippen LogP contribution in [-0.2, 0) is 4.79 Å². The molecule has 1 amide bonds. The first-order valence-electron chi connectivity index (χ1n) is 6.35. The molecule has 5 nitrogen and oxygen atoms in total. The number of aromatic carboxylic acids is 1. The van der Waals surface area contributed by atoms with Gasteiger partial charge >= 0.3 is 5.97 Å². The lowest BCUT2D eigenvalue weighted by molar-refractivity contribution is -0.120. The average Bonchev–Trinajstić information content (AvgIpc) is 2.53. The highest BCUT2D eigenvalue weighted by Crippen LogP contribution is 2.14. The number of amides is 1. The van der Waals surface area contributed by atoms with E-state index in [1.54, 1.807) is 7.05 Å². The molecule has 0 aliphatic heterocycles. The Hall–Kier alpha value is -2.82. The Morgan fingerprint density at radius 1 is 1.05 bits per heavy atom. The quantitative estimate of drug-likeness (QED) is 0.916. The van der Waals surface area contributed by atoms with Gasteiger partial charge in [0.2, 0.25) is 0 Å². The van der Waals surface area contributed by atoms with E-state index in [0.29, 0.717) is 5.75 Å². The highest BCUT2D eigenvalue weighted by molar-refractivity contribution is 5.93. The summed E-state index contributed by atoms with van der Waals surface area (Å²) in [5, 5.41) is 8.79. The third kappa shape index (κ3) is 3.82. The van der Waals surface area contributed by atoms with Gasteiger partial charge in [-0.1, -0.05) is 18.2 Å². The van der Waals surface area contributed by atoms with Gasteiger partial charge in [0, 0.05) is 12.7 Å². The Bertz CT molecular complexity index is 622. The number of carboxylic acids is 1. The van der Waals surface area contributed by atoms with Gasteiger partial charge in [0.1, 0.15) is 5.75 Å². The van der Waals surface area contributed by atoms with Crippen LogP contribution in [0.4, 0.5) is 5.69 Å². The maximum absolute atomic E-state index is 12.0. The van der Waals surface area contributed by atoms with Crippen molar-refractivity contribution in [3.05, 3.63) is 60.2 Å². The van der Waals surface area contributed by atoms with Crippen molar-refractivity contribution in [1.82, 2.24) is 0 Å². The summed E-state index contributed by atoms with van der Waals surface area (Å²) in [5.74, 6) is -0.736. The molecule has 0 unspecified atom stereocenters. The molecule has 0 heterocycles. The van der Waals surface area contributed by atoms with Crippen molar-refractivity contribution in [2.45, 2.75) is 0 Å². The number of carbonyl (C=O) groups excluding carboxylic acids is 1. The molecule has 0 saturated carbocycles. The van der Waals surface area contributed by atoms with Gasteiger partial charge in [-0.05, 0) is 36.4 Å². The number of anilines is 1. The van der Waals surface area contributed by atoms with Crippen LogP contribution in [0.15, 0.2) is 54.6 Å². The highest BCUT2D eigenvalue weighted by Gasteiger charge is 2.11. The lowest BCUT2D eigenvalue weighted by atomic mass is 10.2. The van der Waals surface area contributed by atoms with Gasteiger partial charge in [-0.15, -0.1) is 0 Å². The molecule has 2 rings (SSSR count). The van der Waals surface area contributed by atoms with E-state index in [2.05, 4.69) is 0 Å². The molecular weight excluding hydrogens is 270 g/mol. The molecule has 21 heavy (non-hydrogen) atoms. The second-order valence-electron chi connectivity index (χ2n) is 4.41. The van der Waals surface area contributed by atoms with E-state index in [1.807, 2.05) is 30.3 Å². The van der Waals surface area contributed by atoms with Gasteiger partial charge in [-0.25, -0.2) is 4.79 Å². The van der Waals surface area contributed by atoms with Crippen LogP contribution in [0.1, 0.15) is 10.4 Å². The van der Waals surface area contributed by atoms with Crippen LogP contribution in [-0.4, -0.2) is 30.6 Å². The van der Waals surface area contributed by atoms with Gasteiger partial charge < -0.3 is 14.7 Å². The third-order valence-corrected chi connectivity index (χ3v) is 2.98. The SMILES string of the molecule is CN(C(=O)COc1ccc(C(=O)O)cc1)c1ccccc1. The second-order valence-corrected chi connectivity index (χ2v) is 4.41. The van der Waals surface area contributed by atoms with E-state index in [4.69, 9.17) is 9.84 Å². The van der Waals surface area contributed by atoms with Crippen LogP contribution in [0.2, 0.25) is 0 Å². The highest BCUT2D eigenvalue weighted by atomic mass is 16.5. The van der Waals surface area contributed by atoms with Crippen LogP contribution < -0.4 is 9.64 Å². The summed E-state index contributed by atoms with van der Waals surface area (Å²) in [4.78, 5) is 24.2. The second kappa shape index (κ2) is 6.56. The molecule has 108 valence electrons. The van der Waals surface area contributed by atoms with Gasteiger partial charge in [-0.2, -0.15) is 0 Å². The average molecular weight is 285 g/mol. The van der Waals surface area contributed by atoms with Gasteiger partial charge in [0.15, 0.2) is 6.61 Å². The summed E-state index contributed by atoms with van der Waals surface area (Å²) >= 11 is 0. The van der Waals surface area contributed by atoms with Gasteiger partial charge in [-0.3, -0.25) is 4.79 Å². The van der Waals surface area contributed by atoms with E-state index in [0.717, 1.165) is 5.69 Å². The molecule has 1 N–H and O–H groups in total. The number of hydrogen-bond acceptors (Lipinski definition) is 3. The Morgan fingerprint density at radius 2 is 1.67 bits per heavy atom. The van der Waals surface area contributed by atoms with Crippen molar-refractivity contribution < 1.29 is 19.4 Å². The first kappa shape index (κ1) is 14.6. The summed E-state index contributed by atoms with van der Waals surface area (Å²) in [7, 11) is 1.68. The van der Waals surface area contributed by atoms with Crippen LogP contribution >= 0.6 is 0 Å². The molecule has 0 atom stereocenters. The molecule has 5 heteroatoms. The zero-order valence-corrected chi connectivity index (χ0v) is 11.5. The predicted octanol–water partition coefficient (Wildman–Crippen LogP) is 2.43. The van der Waals surface area contributed by atoms with Gasteiger partial charge in [0.05, 0.1) is 5.56 Å².